The third kappa shape index (κ3) is 5.26. The molecular weight excluding hydrogens is 306 g/mol. The highest BCUT2D eigenvalue weighted by Crippen LogP contribution is 2.20. The fourth-order valence-corrected chi connectivity index (χ4v) is 2.13. The van der Waals surface area contributed by atoms with Crippen LogP contribution in [0.2, 0.25) is 0 Å². The molecule has 2 rings (SSSR count). The quantitative estimate of drug-likeness (QED) is 0.598. The van der Waals surface area contributed by atoms with E-state index in [0.717, 1.165) is 17.7 Å². The molecule has 0 aliphatic heterocycles. The van der Waals surface area contributed by atoms with Crippen molar-refractivity contribution in [3.8, 4) is 5.75 Å². The van der Waals surface area contributed by atoms with Gasteiger partial charge < -0.3 is 19.9 Å². The fourth-order valence-electron chi connectivity index (χ4n) is 2.13. The highest BCUT2D eigenvalue weighted by molar-refractivity contribution is 5.79. The monoisotopic (exact) mass is 331 g/mol. The standard InChI is InChI=1S/C17H25N5O2/c1-5-8-23-15-9-12(2)6-7-14(15)10-19-17(18-4)20-11-16-21-13(3)24-22-16/h6-7,9H,5,8,10-11H2,1-4H3,(H2,18,19,20). The lowest BCUT2D eigenvalue weighted by Crippen LogP contribution is -2.36. The molecule has 24 heavy (non-hydrogen) atoms. The van der Waals surface area contributed by atoms with Gasteiger partial charge in [-0.25, -0.2) is 0 Å². The van der Waals surface area contributed by atoms with Crippen molar-refractivity contribution in [2.24, 2.45) is 4.99 Å². The number of aliphatic imine (C=N–C) groups is 1. The second-order valence-electron chi connectivity index (χ2n) is 5.47. The summed E-state index contributed by atoms with van der Waals surface area (Å²) in [7, 11) is 1.72. The number of aromatic nitrogens is 2. The molecule has 0 saturated carbocycles. The van der Waals surface area contributed by atoms with E-state index in [-0.39, 0.29) is 0 Å². The smallest absolute Gasteiger partial charge is 0.223 e. The number of guanidine groups is 1. The Balaban J connectivity index is 1.92. The number of aryl methyl sites for hydroxylation is 2. The van der Waals surface area contributed by atoms with Crippen LogP contribution in [-0.4, -0.2) is 29.8 Å². The molecule has 0 fully saturated rings. The number of nitrogens with one attached hydrogen (secondary N) is 2. The molecule has 0 radical (unpaired) electrons. The third-order valence-electron chi connectivity index (χ3n) is 3.34. The van der Waals surface area contributed by atoms with Gasteiger partial charge in [0.15, 0.2) is 11.8 Å². The summed E-state index contributed by atoms with van der Waals surface area (Å²) in [5.41, 5.74) is 2.27. The molecular formula is C17H25N5O2. The molecule has 0 unspecified atom stereocenters. The highest BCUT2D eigenvalue weighted by atomic mass is 16.5. The third-order valence-corrected chi connectivity index (χ3v) is 3.34. The van der Waals surface area contributed by atoms with E-state index in [4.69, 9.17) is 9.26 Å². The van der Waals surface area contributed by atoms with Crippen LogP contribution in [-0.2, 0) is 13.1 Å². The van der Waals surface area contributed by atoms with Crippen molar-refractivity contribution in [2.45, 2.75) is 40.3 Å². The minimum Gasteiger partial charge on any atom is -0.493 e. The van der Waals surface area contributed by atoms with Crippen molar-refractivity contribution in [1.82, 2.24) is 20.8 Å². The van der Waals surface area contributed by atoms with E-state index in [2.05, 4.69) is 57.8 Å². The largest absolute Gasteiger partial charge is 0.493 e. The second-order valence-corrected chi connectivity index (χ2v) is 5.47. The average Bonchev–Trinajstić information content (AvgIpc) is 2.99. The van der Waals surface area contributed by atoms with Crippen molar-refractivity contribution in [3.63, 3.8) is 0 Å². The zero-order valence-corrected chi connectivity index (χ0v) is 14.7. The van der Waals surface area contributed by atoms with E-state index in [0.29, 0.717) is 37.4 Å². The molecule has 0 aliphatic carbocycles. The Labute approximate surface area is 142 Å². The molecule has 1 heterocycles. The molecule has 0 amide bonds. The van der Waals surface area contributed by atoms with Gasteiger partial charge in [0.25, 0.3) is 0 Å². The van der Waals surface area contributed by atoms with E-state index in [1.165, 1.54) is 5.56 Å². The Morgan fingerprint density at radius 3 is 2.71 bits per heavy atom. The van der Waals surface area contributed by atoms with Crippen molar-refractivity contribution >= 4 is 5.96 Å². The van der Waals surface area contributed by atoms with Crippen LogP contribution in [0, 0.1) is 13.8 Å². The summed E-state index contributed by atoms with van der Waals surface area (Å²) in [6.07, 6.45) is 0.980. The van der Waals surface area contributed by atoms with Crippen molar-refractivity contribution < 1.29 is 9.26 Å². The molecule has 2 aromatic rings. The first kappa shape index (κ1) is 17.8. The first-order valence-electron chi connectivity index (χ1n) is 8.08. The SMILES string of the molecule is CCCOc1cc(C)ccc1CNC(=NC)NCc1noc(C)n1. The van der Waals surface area contributed by atoms with Crippen molar-refractivity contribution in [3.05, 3.63) is 41.0 Å². The predicted molar refractivity (Wildman–Crippen MR) is 93.0 cm³/mol. The van der Waals surface area contributed by atoms with E-state index in [1.807, 2.05) is 0 Å². The van der Waals surface area contributed by atoms with Crippen LogP contribution in [0.15, 0.2) is 27.7 Å². The summed E-state index contributed by atoms with van der Waals surface area (Å²) in [4.78, 5) is 8.35. The maximum Gasteiger partial charge on any atom is 0.223 e. The maximum absolute atomic E-state index is 5.83. The summed E-state index contributed by atoms with van der Waals surface area (Å²) >= 11 is 0. The summed E-state index contributed by atoms with van der Waals surface area (Å²) in [6, 6.07) is 6.21. The van der Waals surface area contributed by atoms with Gasteiger partial charge in [0.1, 0.15) is 5.75 Å². The number of rotatable bonds is 7. The first-order chi connectivity index (χ1) is 11.6. The minimum atomic E-state index is 0.449. The van der Waals surface area contributed by atoms with Crippen molar-refractivity contribution in [1.29, 1.82) is 0 Å². The van der Waals surface area contributed by atoms with Gasteiger partial charge in [0.05, 0.1) is 13.2 Å². The zero-order chi connectivity index (χ0) is 17.4. The van der Waals surface area contributed by atoms with Gasteiger partial charge in [-0.3, -0.25) is 4.99 Å². The Bertz CT molecular complexity index is 681. The van der Waals surface area contributed by atoms with E-state index in [1.54, 1.807) is 14.0 Å². The van der Waals surface area contributed by atoms with Crippen LogP contribution in [0.4, 0.5) is 0 Å². The van der Waals surface area contributed by atoms with Crippen molar-refractivity contribution in [2.75, 3.05) is 13.7 Å². The van der Waals surface area contributed by atoms with E-state index < -0.39 is 0 Å². The molecule has 1 aromatic carbocycles. The first-order valence-corrected chi connectivity index (χ1v) is 8.08. The number of ether oxygens (including phenoxy) is 1. The molecule has 0 bridgehead atoms. The predicted octanol–water partition coefficient (Wildman–Crippen LogP) is 2.34. The lowest BCUT2D eigenvalue weighted by atomic mass is 10.1. The molecule has 7 heteroatoms. The van der Waals surface area contributed by atoms with Gasteiger partial charge in [-0.2, -0.15) is 4.98 Å². The lowest BCUT2D eigenvalue weighted by Gasteiger charge is -2.14. The number of hydrogen-bond acceptors (Lipinski definition) is 5. The van der Waals surface area contributed by atoms with Crippen LogP contribution < -0.4 is 15.4 Å². The topological polar surface area (TPSA) is 84.6 Å². The van der Waals surface area contributed by atoms with Crippen LogP contribution >= 0.6 is 0 Å². The normalized spacial score (nSPS) is 11.4. The van der Waals surface area contributed by atoms with E-state index >= 15 is 0 Å². The molecule has 7 nitrogen and oxygen atoms in total. The second kappa shape index (κ2) is 8.90. The van der Waals surface area contributed by atoms with Crippen LogP contribution in [0.25, 0.3) is 0 Å². The molecule has 130 valence electrons. The van der Waals surface area contributed by atoms with Crippen LogP contribution in [0.1, 0.15) is 36.2 Å². The molecule has 0 atom stereocenters. The lowest BCUT2D eigenvalue weighted by molar-refractivity contribution is 0.313. The van der Waals surface area contributed by atoms with Crippen LogP contribution in [0.3, 0.4) is 0 Å². The summed E-state index contributed by atoms with van der Waals surface area (Å²) < 4.78 is 10.8. The minimum absolute atomic E-state index is 0.449. The van der Waals surface area contributed by atoms with E-state index in [9.17, 15) is 0 Å². The molecule has 2 N–H and O–H groups in total. The molecule has 1 aromatic heterocycles. The number of hydrogen-bond donors (Lipinski definition) is 2. The zero-order valence-electron chi connectivity index (χ0n) is 14.7. The van der Waals surface area contributed by atoms with Gasteiger partial charge in [-0.05, 0) is 25.0 Å². The summed E-state index contributed by atoms with van der Waals surface area (Å²) in [5, 5.41) is 10.3. The Kier molecular flexibility index (Phi) is 6.60. The van der Waals surface area contributed by atoms with Gasteiger partial charge >= 0.3 is 0 Å². The molecule has 0 spiro atoms. The molecule has 0 aliphatic rings. The Hall–Kier alpha value is -2.57. The molecule has 0 saturated heterocycles. The van der Waals surface area contributed by atoms with Gasteiger partial charge in [-0.1, -0.05) is 24.2 Å². The summed E-state index contributed by atoms with van der Waals surface area (Å²) in [5.74, 6) is 2.72. The number of nitrogens with zero attached hydrogens (tertiary/aromatic N) is 3. The Morgan fingerprint density at radius 2 is 2.04 bits per heavy atom. The summed E-state index contributed by atoms with van der Waals surface area (Å²) in [6.45, 7) is 7.69. The van der Waals surface area contributed by atoms with Gasteiger partial charge in [-0.15, -0.1) is 0 Å². The van der Waals surface area contributed by atoms with Gasteiger partial charge in [0.2, 0.25) is 5.89 Å². The Morgan fingerprint density at radius 1 is 1.25 bits per heavy atom. The maximum atomic E-state index is 5.83. The van der Waals surface area contributed by atoms with Crippen LogP contribution in [0.5, 0.6) is 5.75 Å². The van der Waals surface area contributed by atoms with Gasteiger partial charge in [0, 0.05) is 26.1 Å². The average molecular weight is 331 g/mol. The highest BCUT2D eigenvalue weighted by Gasteiger charge is 2.07. The number of benzene rings is 1. The fraction of sp³-hybridized carbons (Fsp3) is 0.471.